The average molecular weight is 206 g/mol. The molecule has 0 atom stereocenters. The van der Waals surface area contributed by atoms with Gasteiger partial charge in [0.25, 0.3) is 0 Å². The fourth-order valence-electron chi connectivity index (χ4n) is 1.39. The van der Waals surface area contributed by atoms with E-state index in [4.69, 9.17) is 13.9 Å². The van der Waals surface area contributed by atoms with Gasteiger partial charge in [-0.05, 0) is 37.6 Å². The van der Waals surface area contributed by atoms with Crippen LogP contribution < -0.4 is 0 Å². The molecular formula is C11H10O4. The Labute approximate surface area is 86.1 Å². The van der Waals surface area contributed by atoms with Crippen LogP contribution in [0.5, 0.6) is 0 Å². The van der Waals surface area contributed by atoms with Gasteiger partial charge in [0.1, 0.15) is 5.76 Å². The molecule has 0 spiro atoms. The average Bonchev–Trinajstić information content (AvgIpc) is 2.71. The number of carbonyl (C=O) groups is 1. The molecule has 1 N–H and O–H groups in total. The summed E-state index contributed by atoms with van der Waals surface area (Å²) in [5.41, 5.74) is 0.752. The minimum absolute atomic E-state index is 0.0726. The zero-order valence-electron chi connectivity index (χ0n) is 8.40. The Morgan fingerprint density at radius 2 is 2.00 bits per heavy atom. The maximum absolute atomic E-state index is 10.7. The number of furan rings is 2. The van der Waals surface area contributed by atoms with Crippen molar-refractivity contribution in [3.63, 3.8) is 0 Å². The van der Waals surface area contributed by atoms with E-state index in [0.717, 1.165) is 11.3 Å². The molecule has 2 heterocycles. The minimum atomic E-state index is -1.08. The SMILES string of the molecule is Cc1ccc(-c2oc(C(=O)O)cc2C)o1. The highest BCUT2D eigenvalue weighted by atomic mass is 16.4. The maximum atomic E-state index is 10.7. The van der Waals surface area contributed by atoms with Crippen LogP contribution in [0.15, 0.2) is 27.0 Å². The summed E-state index contributed by atoms with van der Waals surface area (Å²) < 4.78 is 10.5. The van der Waals surface area contributed by atoms with Crippen LogP contribution in [0, 0.1) is 13.8 Å². The van der Waals surface area contributed by atoms with Crippen LogP contribution in [-0.4, -0.2) is 11.1 Å². The normalized spacial score (nSPS) is 10.5. The van der Waals surface area contributed by atoms with E-state index in [9.17, 15) is 4.79 Å². The molecule has 2 aromatic rings. The van der Waals surface area contributed by atoms with E-state index in [2.05, 4.69) is 0 Å². The number of hydrogen-bond donors (Lipinski definition) is 1. The van der Waals surface area contributed by atoms with Crippen molar-refractivity contribution in [2.24, 2.45) is 0 Å². The zero-order chi connectivity index (χ0) is 11.0. The second kappa shape index (κ2) is 3.31. The van der Waals surface area contributed by atoms with Gasteiger partial charge in [-0.2, -0.15) is 0 Å². The maximum Gasteiger partial charge on any atom is 0.371 e. The Kier molecular flexibility index (Phi) is 2.11. The van der Waals surface area contributed by atoms with Gasteiger partial charge in [-0.15, -0.1) is 0 Å². The van der Waals surface area contributed by atoms with Gasteiger partial charge >= 0.3 is 5.97 Å². The van der Waals surface area contributed by atoms with E-state index in [1.807, 2.05) is 6.92 Å². The summed E-state index contributed by atoms with van der Waals surface area (Å²) >= 11 is 0. The third kappa shape index (κ3) is 1.66. The lowest BCUT2D eigenvalue weighted by Crippen LogP contribution is -1.91. The van der Waals surface area contributed by atoms with Gasteiger partial charge in [-0.25, -0.2) is 4.79 Å². The number of carboxylic acids is 1. The van der Waals surface area contributed by atoms with Crippen molar-refractivity contribution in [2.45, 2.75) is 13.8 Å². The van der Waals surface area contributed by atoms with Crippen LogP contribution in [-0.2, 0) is 0 Å². The summed E-state index contributed by atoms with van der Waals surface area (Å²) in [6.07, 6.45) is 0. The number of carboxylic acid groups (broad SMARTS) is 1. The largest absolute Gasteiger partial charge is 0.475 e. The van der Waals surface area contributed by atoms with E-state index in [1.54, 1.807) is 19.1 Å². The molecule has 0 unspecified atom stereocenters. The van der Waals surface area contributed by atoms with Crippen LogP contribution in [0.1, 0.15) is 21.9 Å². The molecule has 0 bridgehead atoms. The van der Waals surface area contributed by atoms with Gasteiger partial charge < -0.3 is 13.9 Å². The fourth-order valence-corrected chi connectivity index (χ4v) is 1.39. The smallest absolute Gasteiger partial charge is 0.371 e. The summed E-state index contributed by atoms with van der Waals surface area (Å²) in [6, 6.07) is 5.04. The summed E-state index contributed by atoms with van der Waals surface area (Å²) in [5, 5.41) is 8.75. The Hall–Kier alpha value is -1.97. The predicted octanol–water partition coefficient (Wildman–Crippen LogP) is 2.85. The summed E-state index contributed by atoms with van der Waals surface area (Å²) in [7, 11) is 0. The first-order valence-corrected chi connectivity index (χ1v) is 4.48. The monoisotopic (exact) mass is 206 g/mol. The van der Waals surface area contributed by atoms with Gasteiger partial charge in [-0.1, -0.05) is 0 Å². The van der Waals surface area contributed by atoms with E-state index < -0.39 is 5.97 Å². The van der Waals surface area contributed by atoms with E-state index in [0.29, 0.717) is 11.5 Å². The molecule has 4 heteroatoms. The van der Waals surface area contributed by atoms with Crippen molar-refractivity contribution in [1.29, 1.82) is 0 Å². The molecule has 0 aromatic carbocycles. The highest BCUT2D eigenvalue weighted by Gasteiger charge is 2.16. The minimum Gasteiger partial charge on any atom is -0.475 e. The van der Waals surface area contributed by atoms with E-state index >= 15 is 0 Å². The number of aromatic carboxylic acids is 1. The van der Waals surface area contributed by atoms with Crippen LogP contribution in [0.25, 0.3) is 11.5 Å². The summed E-state index contributed by atoms with van der Waals surface area (Å²) in [4.78, 5) is 10.7. The molecule has 0 amide bonds. The highest BCUT2D eigenvalue weighted by molar-refractivity contribution is 5.85. The Bertz CT molecular complexity index is 504. The molecule has 2 rings (SSSR count). The zero-order valence-corrected chi connectivity index (χ0v) is 8.40. The third-order valence-electron chi connectivity index (χ3n) is 2.09. The molecule has 0 aliphatic rings. The van der Waals surface area contributed by atoms with E-state index in [-0.39, 0.29) is 5.76 Å². The summed E-state index contributed by atoms with van der Waals surface area (Å²) in [6.45, 7) is 3.60. The number of aryl methyl sites for hydroxylation is 2. The van der Waals surface area contributed by atoms with E-state index in [1.165, 1.54) is 6.07 Å². The Morgan fingerprint density at radius 1 is 1.27 bits per heavy atom. The Morgan fingerprint density at radius 3 is 2.47 bits per heavy atom. The van der Waals surface area contributed by atoms with Crippen molar-refractivity contribution >= 4 is 5.97 Å². The molecule has 0 fully saturated rings. The Balaban J connectivity index is 2.49. The van der Waals surface area contributed by atoms with Crippen molar-refractivity contribution in [3.05, 3.63) is 35.3 Å². The highest BCUT2D eigenvalue weighted by Crippen LogP contribution is 2.28. The molecule has 0 aliphatic heterocycles. The van der Waals surface area contributed by atoms with Gasteiger partial charge in [0.15, 0.2) is 11.5 Å². The first-order valence-electron chi connectivity index (χ1n) is 4.48. The van der Waals surface area contributed by atoms with Gasteiger partial charge in [0, 0.05) is 0 Å². The second-order valence-electron chi connectivity index (χ2n) is 3.34. The van der Waals surface area contributed by atoms with Gasteiger partial charge in [0.2, 0.25) is 5.76 Å². The summed E-state index contributed by atoms with van der Waals surface area (Å²) in [5.74, 6) is 0.639. The molecule has 0 saturated heterocycles. The van der Waals surface area contributed by atoms with Crippen molar-refractivity contribution in [2.75, 3.05) is 0 Å². The molecular weight excluding hydrogens is 196 g/mol. The molecule has 15 heavy (non-hydrogen) atoms. The van der Waals surface area contributed by atoms with Crippen LogP contribution >= 0.6 is 0 Å². The van der Waals surface area contributed by atoms with Gasteiger partial charge in [-0.3, -0.25) is 0 Å². The second-order valence-corrected chi connectivity index (χ2v) is 3.34. The standard InChI is InChI=1S/C11H10O4/c1-6-5-9(11(12)13)15-10(6)8-4-3-7(2)14-8/h3-5H,1-2H3,(H,12,13). The molecule has 0 saturated carbocycles. The molecule has 4 nitrogen and oxygen atoms in total. The first-order chi connectivity index (χ1) is 7.08. The number of rotatable bonds is 2. The topological polar surface area (TPSA) is 63.6 Å². The van der Waals surface area contributed by atoms with Gasteiger partial charge in [0.05, 0.1) is 0 Å². The van der Waals surface area contributed by atoms with Crippen LogP contribution in [0.2, 0.25) is 0 Å². The van der Waals surface area contributed by atoms with Crippen molar-refractivity contribution in [1.82, 2.24) is 0 Å². The van der Waals surface area contributed by atoms with Crippen LogP contribution in [0.4, 0.5) is 0 Å². The molecule has 0 radical (unpaired) electrons. The lowest BCUT2D eigenvalue weighted by atomic mass is 10.2. The lowest BCUT2D eigenvalue weighted by Gasteiger charge is -1.92. The quantitative estimate of drug-likeness (QED) is 0.820. The third-order valence-corrected chi connectivity index (χ3v) is 2.09. The predicted molar refractivity (Wildman–Crippen MR) is 52.8 cm³/mol. The lowest BCUT2D eigenvalue weighted by molar-refractivity contribution is 0.0663. The molecule has 2 aromatic heterocycles. The molecule has 0 aliphatic carbocycles. The molecule has 78 valence electrons. The fraction of sp³-hybridized carbons (Fsp3) is 0.182. The van der Waals surface area contributed by atoms with Crippen LogP contribution in [0.3, 0.4) is 0 Å². The van der Waals surface area contributed by atoms with Crippen molar-refractivity contribution in [3.8, 4) is 11.5 Å². The number of hydrogen-bond acceptors (Lipinski definition) is 3. The first kappa shape index (κ1) is 9.58. The van der Waals surface area contributed by atoms with Crippen molar-refractivity contribution < 1.29 is 18.7 Å².